The van der Waals surface area contributed by atoms with Crippen LogP contribution in [0.3, 0.4) is 0 Å². The Bertz CT molecular complexity index is 994. The molecule has 222 valence electrons. The van der Waals surface area contributed by atoms with Crippen LogP contribution in [0, 0.1) is 5.92 Å². The van der Waals surface area contributed by atoms with Gasteiger partial charge in [-0.1, -0.05) is 44.2 Å². The van der Waals surface area contributed by atoms with Crippen molar-refractivity contribution >= 4 is 50.4 Å². The third-order valence-corrected chi connectivity index (χ3v) is 10.0. The highest BCUT2D eigenvalue weighted by molar-refractivity contribution is 8.72. The fourth-order valence-electron chi connectivity index (χ4n) is 4.31. The van der Waals surface area contributed by atoms with E-state index in [9.17, 15) is 28.5 Å². The summed E-state index contributed by atoms with van der Waals surface area (Å²) in [5.74, 6) is -1.95. The van der Waals surface area contributed by atoms with Crippen LogP contribution in [-0.4, -0.2) is 70.1 Å². The number of hydrogen-bond donors (Lipinski definition) is 4. The predicted molar refractivity (Wildman–Crippen MR) is 158 cm³/mol. The van der Waals surface area contributed by atoms with Crippen LogP contribution in [0.5, 0.6) is 0 Å². The third-order valence-electron chi connectivity index (χ3n) is 6.37. The smallest absolute Gasteiger partial charge is 0.289 e. The number of carbonyl (C=O) groups excluding carboxylic acids is 5. The van der Waals surface area contributed by atoms with E-state index in [1.807, 2.05) is 19.9 Å². The summed E-state index contributed by atoms with van der Waals surface area (Å²) >= 11 is 0. The summed E-state index contributed by atoms with van der Waals surface area (Å²) in [6, 6.07) is 6.98. The highest BCUT2D eigenvalue weighted by Gasteiger charge is 2.31. The quantitative estimate of drug-likeness (QED) is 0.0927. The first-order valence-electron chi connectivity index (χ1n) is 13.9. The maximum absolute atomic E-state index is 13.2. The Morgan fingerprint density at radius 3 is 2.35 bits per heavy atom. The van der Waals surface area contributed by atoms with Crippen molar-refractivity contribution in [3.8, 4) is 0 Å². The lowest BCUT2D eigenvalue weighted by molar-refractivity contribution is -0.140. The zero-order valence-electron chi connectivity index (χ0n) is 23.5. The van der Waals surface area contributed by atoms with E-state index in [-0.39, 0.29) is 43.0 Å². The van der Waals surface area contributed by atoms with Gasteiger partial charge in [-0.25, -0.2) is 0 Å². The Balaban J connectivity index is 1.90. The molecule has 4 atom stereocenters. The van der Waals surface area contributed by atoms with Gasteiger partial charge in [0.05, 0.1) is 17.3 Å². The molecule has 1 aromatic rings. The second kappa shape index (κ2) is 18.0. The number of nitrogens with one attached hydrogen (secondary N) is 4. The summed E-state index contributed by atoms with van der Waals surface area (Å²) in [6.07, 6.45) is 3.91. The summed E-state index contributed by atoms with van der Waals surface area (Å²) in [5, 5.41) is 10.6. The lowest BCUT2D eigenvalue weighted by Crippen LogP contribution is -2.55. The summed E-state index contributed by atoms with van der Waals surface area (Å²) < 4.78 is 11.8. The number of carbonyl (C=O) groups is 5. The van der Waals surface area contributed by atoms with Gasteiger partial charge in [0.15, 0.2) is 0 Å². The molecule has 0 spiro atoms. The van der Waals surface area contributed by atoms with Gasteiger partial charge in [-0.2, -0.15) is 0 Å². The largest absolute Gasteiger partial charge is 0.605 e. The monoisotopic (exact) mass is 594 g/mol. The zero-order valence-corrected chi connectivity index (χ0v) is 25.2. The minimum absolute atomic E-state index is 0.0462. The SMILES string of the molecule is CCNC(=O)C(=O)[C@H](Cc1ccccc1)NC(=O)[C@H](CC(C)C)NC(=O)CNC(=O)CCCCC1CCS[S+]1[O-]. The fraction of sp³-hybridized carbons (Fsp3) is 0.607. The van der Waals surface area contributed by atoms with Gasteiger partial charge >= 0.3 is 0 Å². The number of hydrogen-bond acceptors (Lipinski definition) is 7. The second-order valence-corrected chi connectivity index (χ2v) is 13.8. The van der Waals surface area contributed by atoms with E-state index < -0.39 is 45.8 Å². The fourth-order valence-corrected chi connectivity index (χ4v) is 7.80. The van der Waals surface area contributed by atoms with Crippen molar-refractivity contribution in [3.05, 3.63) is 35.9 Å². The van der Waals surface area contributed by atoms with Crippen LogP contribution in [0.15, 0.2) is 30.3 Å². The number of likely N-dealkylation sites (N-methyl/N-ethyl adjacent to an activating group) is 1. The van der Waals surface area contributed by atoms with Gasteiger partial charge in [0.25, 0.3) is 5.91 Å². The first kappa shape index (κ1) is 33.6. The Labute approximate surface area is 243 Å². The summed E-state index contributed by atoms with van der Waals surface area (Å²) in [4.78, 5) is 63.2. The molecule has 0 radical (unpaired) electrons. The molecule has 0 aliphatic carbocycles. The molecule has 1 fully saturated rings. The molecular formula is C28H42N4O6S2. The van der Waals surface area contributed by atoms with Gasteiger partial charge in [0, 0.05) is 41.8 Å². The standard InChI is InChI=1S/C28H42N4O6S2/c1-4-29-28(37)26(35)22(17-20-10-6-5-7-11-20)32-27(36)23(16-19(2)3)31-25(34)18-30-24(33)13-9-8-12-21-14-15-39-40(21)38/h5-7,10-11,19,21-23H,4,8-9,12-18H2,1-3H3,(H,29,37)(H,30,33)(H,31,34)(H,32,36)/t21?,22-,23-,40?/m0/s1. The molecule has 0 bridgehead atoms. The van der Waals surface area contributed by atoms with Crippen molar-refractivity contribution in [1.82, 2.24) is 21.3 Å². The highest BCUT2D eigenvalue weighted by atomic mass is 33.1. The zero-order chi connectivity index (χ0) is 29.5. The summed E-state index contributed by atoms with van der Waals surface area (Å²) in [7, 11) is 0.657. The maximum atomic E-state index is 13.2. The van der Waals surface area contributed by atoms with Crippen LogP contribution in [-0.2, 0) is 40.6 Å². The summed E-state index contributed by atoms with van der Waals surface area (Å²) in [6.45, 7) is 5.48. The van der Waals surface area contributed by atoms with E-state index in [2.05, 4.69) is 21.3 Å². The molecule has 1 saturated heterocycles. The Kier molecular flexibility index (Phi) is 15.1. The Morgan fingerprint density at radius 2 is 1.73 bits per heavy atom. The number of ketones is 1. The lowest BCUT2D eigenvalue weighted by Gasteiger charge is -2.24. The predicted octanol–water partition coefficient (Wildman–Crippen LogP) is 1.80. The molecule has 1 aliphatic rings. The minimum atomic E-state index is -1.10. The van der Waals surface area contributed by atoms with Crippen molar-refractivity contribution in [2.45, 2.75) is 83.1 Å². The van der Waals surface area contributed by atoms with Gasteiger partial charge in [-0.05, 0) is 44.1 Å². The molecule has 40 heavy (non-hydrogen) atoms. The van der Waals surface area contributed by atoms with Crippen molar-refractivity contribution in [3.63, 3.8) is 0 Å². The number of rotatable bonds is 17. The van der Waals surface area contributed by atoms with E-state index in [0.29, 0.717) is 12.8 Å². The molecule has 0 aromatic heterocycles. The molecule has 12 heteroatoms. The Morgan fingerprint density at radius 1 is 1.00 bits per heavy atom. The highest BCUT2D eigenvalue weighted by Crippen LogP contribution is 2.33. The molecular weight excluding hydrogens is 552 g/mol. The first-order valence-corrected chi connectivity index (χ1v) is 16.6. The Hall–Kier alpha value is -2.57. The lowest BCUT2D eigenvalue weighted by atomic mass is 9.99. The van der Waals surface area contributed by atoms with E-state index in [4.69, 9.17) is 0 Å². The van der Waals surface area contributed by atoms with Crippen LogP contribution in [0.2, 0.25) is 0 Å². The van der Waals surface area contributed by atoms with Crippen LogP contribution in [0.4, 0.5) is 0 Å². The van der Waals surface area contributed by atoms with Crippen LogP contribution < -0.4 is 21.3 Å². The average molecular weight is 595 g/mol. The van der Waals surface area contributed by atoms with Gasteiger partial charge in [0.2, 0.25) is 23.5 Å². The number of benzene rings is 1. The normalized spacial score (nSPS) is 18.0. The van der Waals surface area contributed by atoms with Crippen LogP contribution in [0.1, 0.15) is 64.9 Å². The topological polar surface area (TPSA) is 157 Å². The molecule has 1 heterocycles. The van der Waals surface area contributed by atoms with Crippen molar-refractivity contribution in [2.75, 3.05) is 18.8 Å². The first-order chi connectivity index (χ1) is 19.1. The molecule has 0 saturated carbocycles. The molecule has 1 aromatic carbocycles. The minimum Gasteiger partial charge on any atom is -0.605 e. The maximum Gasteiger partial charge on any atom is 0.289 e. The van der Waals surface area contributed by atoms with Crippen LogP contribution >= 0.6 is 10.8 Å². The number of Topliss-reactive ketones (excluding diaryl/α,β-unsaturated/α-hetero) is 1. The van der Waals surface area contributed by atoms with Gasteiger partial charge in [0.1, 0.15) is 17.3 Å². The van der Waals surface area contributed by atoms with Crippen molar-refractivity contribution in [2.24, 2.45) is 5.92 Å². The van der Waals surface area contributed by atoms with Crippen molar-refractivity contribution < 1.29 is 28.5 Å². The van der Waals surface area contributed by atoms with Gasteiger partial charge < -0.3 is 25.8 Å². The van der Waals surface area contributed by atoms with E-state index in [0.717, 1.165) is 30.6 Å². The van der Waals surface area contributed by atoms with E-state index in [1.165, 1.54) is 10.8 Å². The molecule has 10 nitrogen and oxygen atoms in total. The molecule has 2 unspecified atom stereocenters. The van der Waals surface area contributed by atoms with E-state index in [1.54, 1.807) is 31.2 Å². The van der Waals surface area contributed by atoms with E-state index >= 15 is 0 Å². The number of amides is 4. The van der Waals surface area contributed by atoms with Gasteiger partial charge in [-0.3, -0.25) is 24.0 Å². The average Bonchev–Trinajstić information content (AvgIpc) is 3.33. The molecule has 1 aliphatic heterocycles. The molecule has 2 rings (SSSR count). The molecule has 4 amide bonds. The van der Waals surface area contributed by atoms with Gasteiger partial charge in [-0.15, -0.1) is 0 Å². The third kappa shape index (κ3) is 12.3. The summed E-state index contributed by atoms with van der Waals surface area (Å²) in [5.41, 5.74) is 0.771. The second-order valence-electron chi connectivity index (χ2n) is 10.2. The van der Waals surface area contributed by atoms with Crippen LogP contribution in [0.25, 0.3) is 0 Å². The number of unbranched alkanes of at least 4 members (excludes halogenated alkanes) is 1. The molecule has 4 N–H and O–H groups in total. The van der Waals surface area contributed by atoms with Crippen molar-refractivity contribution in [1.29, 1.82) is 0 Å².